The molecule has 0 aliphatic heterocycles. The third-order valence-corrected chi connectivity index (χ3v) is 4.63. The minimum Gasteiger partial charge on any atom is -1.00 e. The SMILES string of the molecule is CC([NH-])=O.[Cl-].[Cl-].[Zr+4].c1ccc([Si]c2ccccc2)cc1.c1ccc2[cH-]ccc2c1. The third-order valence-electron chi connectivity index (χ3n) is 3.38. The molecule has 4 aromatic rings. The normalized spacial score (nSPS) is 8.45. The first kappa shape index (κ1) is 29.6. The molecule has 1 amide bonds. The maximum Gasteiger partial charge on any atom is 4.00 e. The molecule has 0 heterocycles. The first-order valence-electron chi connectivity index (χ1n) is 8.35. The largest absolute Gasteiger partial charge is 4.00 e. The Kier molecular flexibility index (Phi) is 17.7. The zero-order chi connectivity index (χ0) is 18.6. The Bertz CT molecular complexity index is 846. The average molecular weight is 518 g/mol. The van der Waals surface area contributed by atoms with Gasteiger partial charge >= 0.3 is 26.2 Å². The molecular weight excluding hydrogens is 496 g/mol. The van der Waals surface area contributed by atoms with Crippen molar-refractivity contribution >= 4 is 36.6 Å². The summed E-state index contributed by atoms with van der Waals surface area (Å²) < 4.78 is 0. The zero-order valence-corrected chi connectivity index (χ0v) is 20.9. The summed E-state index contributed by atoms with van der Waals surface area (Å²) in [6, 6.07) is 35.8. The molecule has 0 saturated heterocycles. The van der Waals surface area contributed by atoms with Gasteiger partial charge in [-0.2, -0.15) is 17.5 Å². The monoisotopic (exact) mass is 515 g/mol. The second-order valence-electron chi connectivity index (χ2n) is 5.57. The minimum atomic E-state index is -0.583. The van der Waals surface area contributed by atoms with E-state index >= 15 is 0 Å². The van der Waals surface area contributed by atoms with Gasteiger partial charge in [0.05, 0.1) is 0 Å². The molecular formula is C23H21Cl2NOSiZr. The van der Waals surface area contributed by atoms with Crippen molar-refractivity contribution in [3.05, 3.63) is 109 Å². The molecule has 0 aliphatic rings. The van der Waals surface area contributed by atoms with E-state index in [4.69, 9.17) is 10.5 Å². The number of carbonyl (C=O) groups excluding carboxylic acids is 1. The standard InChI is InChI=1S/C12H10Si.C9H7.C2H5NO.2ClH.Zr/c1-3-7-11(8-4-1)13-12-9-5-2-6-10-12;1-2-5-9-7-3-6-8(9)4-1;1-2(3)4;;;/h1-10H;1-7H;1H3,(H2,3,4);2*1H;/q;-1;;;;+4/p-3. The van der Waals surface area contributed by atoms with E-state index in [9.17, 15) is 0 Å². The summed E-state index contributed by atoms with van der Waals surface area (Å²) in [6.45, 7) is 1.19. The molecule has 0 aliphatic carbocycles. The topological polar surface area (TPSA) is 40.9 Å². The minimum absolute atomic E-state index is 0. The summed E-state index contributed by atoms with van der Waals surface area (Å²) in [7, 11) is 0.777. The number of amides is 1. The maximum atomic E-state index is 9.11. The van der Waals surface area contributed by atoms with Crippen LogP contribution in [-0.2, 0) is 31.0 Å². The van der Waals surface area contributed by atoms with Crippen LogP contribution in [0.1, 0.15) is 6.92 Å². The van der Waals surface area contributed by atoms with Crippen molar-refractivity contribution in [2.45, 2.75) is 6.92 Å². The van der Waals surface area contributed by atoms with Crippen molar-refractivity contribution in [1.29, 1.82) is 0 Å². The van der Waals surface area contributed by atoms with Gasteiger partial charge in [0.1, 0.15) is 9.52 Å². The molecule has 0 unspecified atom stereocenters. The number of rotatable bonds is 2. The predicted molar refractivity (Wildman–Crippen MR) is 112 cm³/mol. The summed E-state index contributed by atoms with van der Waals surface area (Å²) in [6.07, 6.45) is 0. The maximum absolute atomic E-state index is 9.11. The smallest absolute Gasteiger partial charge is 1.00 e. The van der Waals surface area contributed by atoms with Crippen LogP contribution in [0.4, 0.5) is 0 Å². The Balaban J connectivity index is 0. The molecule has 29 heavy (non-hydrogen) atoms. The van der Waals surface area contributed by atoms with E-state index in [1.165, 1.54) is 28.1 Å². The van der Waals surface area contributed by atoms with Crippen LogP contribution in [-0.4, -0.2) is 15.4 Å². The Hall–Kier alpha value is -1.58. The fourth-order valence-corrected chi connectivity index (χ4v) is 3.33. The summed E-state index contributed by atoms with van der Waals surface area (Å²) >= 11 is 0. The number of benzene rings is 3. The predicted octanol–water partition coefficient (Wildman–Crippen LogP) is -1.51. The van der Waals surface area contributed by atoms with E-state index in [0.717, 1.165) is 9.52 Å². The van der Waals surface area contributed by atoms with E-state index in [1.807, 2.05) is 0 Å². The first-order valence-corrected chi connectivity index (χ1v) is 9.35. The number of carbonyl (C=O) groups is 1. The average Bonchev–Trinajstić information content (AvgIpc) is 3.12. The summed E-state index contributed by atoms with van der Waals surface area (Å²) in [5.41, 5.74) is 5.94. The number of fused-ring (bicyclic) bond motifs is 1. The molecule has 146 valence electrons. The van der Waals surface area contributed by atoms with Crippen LogP contribution in [0.3, 0.4) is 0 Å². The molecule has 0 fully saturated rings. The van der Waals surface area contributed by atoms with E-state index in [1.54, 1.807) is 0 Å². The van der Waals surface area contributed by atoms with Gasteiger partial charge in [-0.1, -0.05) is 77.1 Å². The second-order valence-corrected chi connectivity index (χ2v) is 6.97. The van der Waals surface area contributed by atoms with Crippen LogP contribution in [0.2, 0.25) is 0 Å². The molecule has 0 spiro atoms. The van der Waals surface area contributed by atoms with Gasteiger partial charge in [0.15, 0.2) is 0 Å². The van der Waals surface area contributed by atoms with Crippen molar-refractivity contribution in [3.63, 3.8) is 0 Å². The first-order chi connectivity index (χ1) is 12.6. The molecule has 0 saturated carbocycles. The van der Waals surface area contributed by atoms with Gasteiger partial charge in [-0.05, 0) is 6.92 Å². The zero-order valence-electron chi connectivity index (χ0n) is 16.0. The Morgan fingerprint density at radius 1 is 0.759 bits per heavy atom. The molecule has 6 heteroatoms. The molecule has 2 nitrogen and oxygen atoms in total. The Morgan fingerprint density at radius 3 is 1.62 bits per heavy atom. The van der Waals surface area contributed by atoms with E-state index in [2.05, 4.69) is 103 Å². The van der Waals surface area contributed by atoms with Crippen LogP contribution in [0.15, 0.2) is 103 Å². The van der Waals surface area contributed by atoms with E-state index in [0.29, 0.717) is 0 Å². The van der Waals surface area contributed by atoms with E-state index in [-0.39, 0.29) is 51.0 Å². The van der Waals surface area contributed by atoms with Gasteiger partial charge in [0.2, 0.25) is 0 Å². The van der Waals surface area contributed by atoms with Crippen LogP contribution in [0, 0.1) is 0 Å². The van der Waals surface area contributed by atoms with Crippen molar-refractivity contribution in [2.75, 3.05) is 0 Å². The molecule has 2 radical (unpaired) electrons. The molecule has 0 atom stereocenters. The number of hydrogen-bond donors (Lipinski definition) is 0. The number of hydrogen-bond acceptors (Lipinski definition) is 1. The second kappa shape index (κ2) is 17.3. The van der Waals surface area contributed by atoms with Crippen LogP contribution in [0.25, 0.3) is 16.5 Å². The number of nitrogens with one attached hydrogen (secondary N) is 1. The van der Waals surface area contributed by atoms with Crippen molar-refractivity contribution < 1.29 is 55.8 Å². The van der Waals surface area contributed by atoms with Gasteiger partial charge < -0.3 is 35.3 Å². The molecule has 4 rings (SSSR count). The van der Waals surface area contributed by atoms with Gasteiger partial charge in [0.25, 0.3) is 0 Å². The Morgan fingerprint density at radius 2 is 1.17 bits per heavy atom. The molecule has 0 bridgehead atoms. The molecule has 4 aromatic carbocycles. The van der Waals surface area contributed by atoms with Gasteiger partial charge in [-0.15, -0.1) is 29.7 Å². The van der Waals surface area contributed by atoms with Crippen LogP contribution in [0.5, 0.6) is 0 Å². The molecule has 1 N–H and O–H groups in total. The fourth-order valence-electron chi connectivity index (χ4n) is 2.28. The van der Waals surface area contributed by atoms with Crippen molar-refractivity contribution in [1.82, 2.24) is 0 Å². The summed E-state index contributed by atoms with van der Waals surface area (Å²) in [5, 5.41) is 5.46. The van der Waals surface area contributed by atoms with E-state index < -0.39 is 5.91 Å². The molecule has 0 aromatic heterocycles. The van der Waals surface area contributed by atoms with Crippen LogP contribution >= 0.6 is 0 Å². The van der Waals surface area contributed by atoms with Crippen molar-refractivity contribution in [3.8, 4) is 0 Å². The van der Waals surface area contributed by atoms with Crippen molar-refractivity contribution in [2.24, 2.45) is 0 Å². The number of halogens is 2. The van der Waals surface area contributed by atoms with Crippen LogP contribution < -0.4 is 35.2 Å². The third kappa shape index (κ3) is 12.6. The van der Waals surface area contributed by atoms with Gasteiger partial charge in [-0.25, -0.2) is 0 Å². The van der Waals surface area contributed by atoms with Gasteiger partial charge in [-0.3, -0.25) is 0 Å². The quantitative estimate of drug-likeness (QED) is 0.236. The summed E-state index contributed by atoms with van der Waals surface area (Å²) in [5.74, 6) is -0.583. The van der Waals surface area contributed by atoms with Gasteiger partial charge in [0, 0.05) is 5.91 Å². The summed E-state index contributed by atoms with van der Waals surface area (Å²) in [4.78, 5) is 9.11. The Labute approximate surface area is 207 Å². The fraction of sp³-hybridized carbons (Fsp3) is 0.0435.